The molecule has 1 aromatic carbocycles. The van der Waals surface area contributed by atoms with Gasteiger partial charge in [-0.3, -0.25) is 0 Å². The Balaban J connectivity index is 2.42. The molecule has 0 spiro atoms. The zero-order chi connectivity index (χ0) is 17.3. The SMILES string of the molecule is C=CC(C)(CCCC(C)C)OCC(=O)OC(C)c1ccccc1. The van der Waals surface area contributed by atoms with E-state index in [1.165, 1.54) is 0 Å². The lowest BCUT2D eigenvalue weighted by Gasteiger charge is -2.26. The molecule has 1 aromatic rings. The summed E-state index contributed by atoms with van der Waals surface area (Å²) in [5, 5.41) is 0. The predicted octanol–water partition coefficient (Wildman–Crippen LogP) is 5.08. The number of carbonyl (C=O) groups is 1. The molecular weight excluding hydrogens is 288 g/mol. The first-order chi connectivity index (χ1) is 10.9. The second kappa shape index (κ2) is 9.51. The fourth-order valence-electron chi connectivity index (χ4n) is 2.34. The molecule has 0 amide bonds. The Morgan fingerprint density at radius 1 is 1.26 bits per heavy atom. The lowest BCUT2D eigenvalue weighted by molar-refractivity contribution is -0.158. The number of ether oxygens (including phenoxy) is 2. The van der Waals surface area contributed by atoms with Crippen molar-refractivity contribution >= 4 is 5.97 Å². The van der Waals surface area contributed by atoms with Gasteiger partial charge in [-0.2, -0.15) is 0 Å². The molecule has 0 fully saturated rings. The molecule has 0 aliphatic heterocycles. The van der Waals surface area contributed by atoms with E-state index < -0.39 is 5.60 Å². The largest absolute Gasteiger partial charge is 0.456 e. The fraction of sp³-hybridized carbons (Fsp3) is 0.550. The van der Waals surface area contributed by atoms with Gasteiger partial charge in [-0.25, -0.2) is 4.79 Å². The topological polar surface area (TPSA) is 35.5 Å². The smallest absolute Gasteiger partial charge is 0.332 e. The van der Waals surface area contributed by atoms with Crippen LogP contribution in [0.2, 0.25) is 0 Å². The molecule has 0 N–H and O–H groups in total. The molecule has 3 heteroatoms. The summed E-state index contributed by atoms with van der Waals surface area (Å²) >= 11 is 0. The van der Waals surface area contributed by atoms with E-state index in [-0.39, 0.29) is 18.7 Å². The van der Waals surface area contributed by atoms with Gasteiger partial charge < -0.3 is 9.47 Å². The number of rotatable bonds is 10. The van der Waals surface area contributed by atoms with Crippen LogP contribution in [0.15, 0.2) is 43.0 Å². The lowest BCUT2D eigenvalue weighted by Crippen LogP contribution is -2.30. The predicted molar refractivity (Wildman–Crippen MR) is 94.2 cm³/mol. The Bertz CT molecular complexity index is 481. The monoisotopic (exact) mass is 318 g/mol. The number of esters is 1. The van der Waals surface area contributed by atoms with Gasteiger partial charge in [0.25, 0.3) is 0 Å². The molecule has 23 heavy (non-hydrogen) atoms. The fourth-order valence-corrected chi connectivity index (χ4v) is 2.34. The van der Waals surface area contributed by atoms with Crippen molar-refractivity contribution in [1.29, 1.82) is 0 Å². The second-order valence-corrected chi connectivity index (χ2v) is 6.63. The molecule has 0 aromatic heterocycles. The summed E-state index contributed by atoms with van der Waals surface area (Å²) in [6.07, 6.45) is 4.55. The molecule has 2 atom stereocenters. The van der Waals surface area contributed by atoms with Crippen LogP contribution >= 0.6 is 0 Å². The minimum absolute atomic E-state index is 0.0542. The van der Waals surface area contributed by atoms with Crippen LogP contribution in [0, 0.1) is 5.92 Å². The summed E-state index contributed by atoms with van der Waals surface area (Å²) in [5.41, 5.74) is 0.494. The summed E-state index contributed by atoms with van der Waals surface area (Å²) in [5.74, 6) is 0.319. The van der Waals surface area contributed by atoms with Crippen LogP contribution in [0.4, 0.5) is 0 Å². The van der Waals surface area contributed by atoms with Gasteiger partial charge in [-0.15, -0.1) is 6.58 Å². The first-order valence-electron chi connectivity index (χ1n) is 8.38. The van der Waals surface area contributed by atoms with Crippen molar-refractivity contribution in [3.8, 4) is 0 Å². The number of hydrogen-bond acceptors (Lipinski definition) is 3. The number of benzene rings is 1. The van der Waals surface area contributed by atoms with E-state index in [9.17, 15) is 4.79 Å². The average Bonchev–Trinajstić information content (AvgIpc) is 2.53. The van der Waals surface area contributed by atoms with Gasteiger partial charge in [0.2, 0.25) is 0 Å². The van der Waals surface area contributed by atoms with Gasteiger partial charge in [-0.05, 0) is 31.7 Å². The third-order valence-electron chi connectivity index (χ3n) is 3.98. The number of carbonyl (C=O) groups excluding carboxylic acids is 1. The summed E-state index contributed by atoms with van der Waals surface area (Å²) in [4.78, 5) is 12.0. The first-order valence-corrected chi connectivity index (χ1v) is 8.38. The van der Waals surface area contributed by atoms with Gasteiger partial charge in [-0.1, -0.05) is 63.1 Å². The zero-order valence-electron chi connectivity index (χ0n) is 14.9. The van der Waals surface area contributed by atoms with Crippen molar-refractivity contribution in [2.75, 3.05) is 6.61 Å². The van der Waals surface area contributed by atoms with Crippen LogP contribution in [0.1, 0.15) is 58.6 Å². The van der Waals surface area contributed by atoms with Crippen LogP contribution in [-0.4, -0.2) is 18.2 Å². The highest BCUT2D eigenvalue weighted by atomic mass is 16.6. The molecule has 128 valence electrons. The Morgan fingerprint density at radius 2 is 1.91 bits per heavy atom. The molecule has 0 aliphatic carbocycles. The molecule has 0 saturated heterocycles. The highest BCUT2D eigenvalue weighted by Gasteiger charge is 2.23. The Morgan fingerprint density at radius 3 is 2.48 bits per heavy atom. The maximum atomic E-state index is 12.0. The number of hydrogen-bond donors (Lipinski definition) is 0. The van der Waals surface area contributed by atoms with E-state index in [1.807, 2.05) is 44.2 Å². The van der Waals surface area contributed by atoms with Gasteiger partial charge in [0, 0.05) is 0 Å². The minimum atomic E-state index is -0.482. The maximum Gasteiger partial charge on any atom is 0.332 e. The van der Waals surface area contributed by atoms with Gasteiger partial charge in [0.15, 0.2) is 0 Å². The Labute approximate surface area is 140 Å². The van der Waals surface area contributed by atoms with Crippen molar-refractivity contribution in [1.82, 2.24) is 0 Å². The van der Waals surface area contributed by atoms with E-state index in [0.29, 0.717) is 5.92 Å². The molecule has 0 bridgehead atoms. The Kier molecular flexibility index (Phi) is 8.04. The van der Waals surface area contributed by atoms with E-state index in [0.717, 1.165) is 24.8 Å². The Hall–Kier alpha value is -1.61. The third-order valence-corrected chi connectivity index (χ3v) is 3.98. The highest BCUT2D eigenvalue weighted by Crippen LogP contribution is 2.22. The standard InChI is InChI=1S/C20H30O3/c1-6-20(5,14-10-11-16(2)3)22-15-19(21)23-17(4)18-12-8-7-9-13-18/h6-9,12-13,16-17H,1,10-11,14-15H2,2-5H3. The normalized spacial score (nSPS) is 15.0. The molecule has 0 heterocycles. The van der Waals surface area contributed by atoms with Crippen molar-refractivity contribution in [3.05, 3.63) is 48.6 Å². The summed E-state index contributed by atoms with van der Waals surface area (Å²) < 4.78 is 11.2. The molecule has 1 rings (SSSR count). The molecule has 0 saturated carbocycles. The minimum Gasteiger partial charge on any atom is -0.456 e. The quantitative estimate of drug-likeness (QED) is 0.446. The van der Waals surface area contributed by atoms with Crippen molar-refractivity contribution in [3.63, 3.8) is 0 Å². The maximum absolute atomic E-state index is 12.0. The summed E-state index contributed by atoms with van der Waals surface area (Å²) in [6.45, 7) is 12.0. The van der Waals surface area contributed by atoms with Crippen molar-refractivity contribution < 1.29 is 14.3 Å². The molecule has 2 unspecified atom stereocenters. The summed E-state index contributed by atoms with van der Waals surface area (Å²) in [6, 6.07) is 9.68. The first kappa shape index (κ1) is 19.4. The zero-order valence-corrected chi connectivity index (χ0v) is 14.9. The van der Waals surface area contributed by atoms with Crippen LogP contribution in [0.3, 0.4) is 0 Å². The van der Waals surface area contributed by atoms with E-state index in [4.69, 9.17) is 9.47 Å². The van der Waals surface area contributed by atoms with Gasteiger partial charge in [0.05, 0.1) is 5.60 Å². The van der Waals surface area contributed by atoms with Crippen LogP contribution in [0.5, 0.6) is 0 Å². The lowest BCUT2D eigenvalue weighted by atomic mass is 9.96. The van der Waals surface area contributed by atoms with E-state index in [2.05, 4.69) is 20.4 Å². The third kappa shape index (κ3) is 7.47. The van der Waals surface area contributed by atoms with E-state index in [1.54, 1.807) is 6.08 Å². The molecular formula is C20H30O3. The van der Waals surface area contributed by atoms with Gasteiger partial charge in [0.1, 0.15) is 12.7 Å². The van der Waals surface area contributed by atoms with Crippen LogP contribution < -0.4 is 0 Å². The second-order valence-electron chi connectivity index (χ2n) is 6.63. The molecule has 0 aliphatic rings. The van der Waals surface area contributed by atoms with Crippen molar-refractivity contribution in [2.24, 2.45) is 5.92 Å². The van der Waals surface area contributed by atoms with Crippen molar-refractivity contribution in [2.45, 2.75) is 58.7 Å². The van der Waals surface area contributed by atoms with Crippen LogP contribution in [0.25, 0.3) is 0 Å². The highest BCUT2D eigenvalue weighted by molar-refractivity contribution is 5.71. The van der Waals surface area contributed by atoms with Gasteiger partial charge >= 0.3 is 5.97 Å². The molecule has 3 nitrogen and oxygen atoms in total. The van der Waals surface area contributed by atoms with Crippen LogP contribution in [-0.2, 0) is 14.3 Å². The van der Waals surface area contributed by atoms with E-state index >= 15 is 0 Å². The molecule has 0 radical (unpaired) electrons. The summed E-state index contributed by atoms with van der Waals surface area (Å²) in [7, 11) is 0. The average molecular weight is 318 g/mol.